The fourth-order valence-electron chi connectivity index (χ4n) is 12.6. The van der Waals surface area contributed by atoms with Crippen molar-refractivity contribution in [1.82, 2.24) is 51.5 Å². The Labute approximate surface area is 471 Å². The summed E-state index contributed by atoms with van der Waals surface area (Å²) in [5.41, 5.74) is 3.99. The summed E-state index contributed by atoms with van der Waals surface area (Å²) in [6.45, 7) is 8.45. The first-order valence-electron chi connectivity index (χ1n) is 29.0. The molecule has 8 N–H and O–H groups in total. The highest BCUT2D eigenvalue weighted by Crippen LogP contribution is 2.36. The molecule has 4 heterocycles. The number of benzene rings is 2. The van der Waals surface area contributed by atoms with Crippen LogP contribution < -0.4 is 31.9 Å². The first-order chi connectivity index (χ1) is 38.8. The molecule has 0 saturated carbocycles. The van der Waals surface area contributed by atoms with Gasteiger partial charge in [0.25, 0.3) is 0 Å². The van der Waals surface area contributed by atoms with Crippen LogP contribution in [0.4, 0.5) is 0 Å². The number of nitrogens with zero attached hydrogens (tertiary/aromatic N) is 4. The number of hydrogen-bond acceptors (Lipinski definition) is 14. The number of aliphatic hydroxyl groups is 2. The first-order valence-corrected chi connectivity index (χ1v) is 29.0. The maximum absolute atomic E-state index is 14.5. The summed E-state index contributed by atoms with van der Waals surface area (Å²) in [7, 11) is 3.39. The van der Waals surface area contributed by atoms with E-state index in [1.54, 1.807) is 37.7 Å². The number of likely N-dealkylation sites (N-methyl/N-ethyl adjacent to an activating group) is 2. The van der Waals surface area contributed by atoms with Gasteiger partial charge in [-0.1, -0.05) is 60.4 Å². The summed E-state index contributed by atoms with van der Waals surface area (Å²) >= 11 is 0. The molecule has 6 amide bonds. The van der Waals surface area contributed by atoms with Gasteiger partial charge < -0.3 is 71.2 Å². The van der Waals surface area contributed by atoms with Crippen molar-refractivity contribution in [2.45, 2.75) is 139 Å². The Hall–Kier alpha value is -5.94. The number of carbonyl (C=O) groups excluding carboxylic acids is 6. The zero-order valence-corrected chi connectivity index (χ0v) is 47.1. The van der Waals surface area contributed by atoms with Crippen molar-refractivity contribution in [2.75, 3.05) is 92.9 Å². The number of likely N-dealkylation sites (tertiary alicyclic amines) is 4. The van der Waals surface area contributed by atoms with Crippen LogP contribution in [-0.4, -0.2) is 207 Å². The molecule has 2 aliphatic carbocycles. The number of hydrogen-bond donors (Lipinski definition) is 8. The average Bonchev–Trinajstić information content (AvgIpc) is 4.32. The number of piperidine rings is 2. The molecule has 80 heavy (non-hydrogen) atoms. The Morgan fingerprint density at radius 2 is 0.963 bits per heavy atom. The van der Waals surface area contributed by atoms with Crippen LogP contribution in [0.5, 0.6) is 0 Å². The quantitative estimate of drug-likeness (QED) is 0.0734. The molecule has 10 atom stereocenters. The van der Waals surface area contributed by atoms with Crippen molar-refractivity contribution in [3.05, 3.63) is 70.8 Å². The number of β-amino-alcohol motifs (C(OH)–C–C–N with tert-alkyl or cyclic N) is 2. The largest absolute Gasteiger partial charge is 0.395 e. The fourth-order valence-corrected chi connectivity index (χ4v) is 12.6. The Balaban J connectivity index is 0.859. The van der Waals surface area contributed by atoms with E-state index in [-0.39, 0.29) is 73.7 Å². The Morgan fingerprint density at radius 1 is 0.575 bits per heavy atom. The van der Waals surface area contributed by atoms with E-state index >= 15 is 0 Å². The van der Waals surface area contributed by atoms with E-state index in [4.69, 9.17) is 9.47 Å². The van der Waals surface area contributed by atoms with Crippen molar-refractivity contribution in [3.8, 4) is 23.7 Å². The third-order valence-electron chi connectivity index (χ3n) is 17.4. The summed E-state index contributed by atoms with van der Waals surface area (Å²) in [6.07, 6.45) is 5.27. The monoisotopic (exact) mass is 1100 g/mol. The highest BCUT2D eigenvalue weighted by Gasteiger charge is 2.46. The predicted octanol–water partition coefficient (Wildman–Crippen LogP) is 0.167. The molecule has 0 radical (unpaired) electrons. The summed E-state index contributed by atoms with van der Waals surface area (Å²) < 4.78 is 12.7. The molecule has 0 bridgehead atoms. The molecular weight excluding hydrogens is 1020 g/mol. The lowest BCUT2D eigenvalue weighted by Gasteiger charge is -2.38. The van der Waals surface area contributed by atoms with Crippen LogP contribution in [-0.2, 0) is 51.1 Å². The van der Waals surface area contributed by atoms with Crippen LogP contribution >= 0.6 is 0 Å². The standard InChI is InChI=1S/C60H84N10O10/c1-39(61-3)55(73)63-51(41-21-27-67(28-22-41)31-33-71)59(77)69-25-13-19-47(69)57(75)65-53-45-17-9-7-15-43(45)37-49(53)79-35-11-5-6-12-36-80-50-38-44-16-8-10-18-46(44)54(50)66-58(76)48-20-14-26-70(48)60(78)52(64-56(74)40(2)62-4)42-23-29-68(30-24-42)32-34-72/h7-10,15-18,39-42,47-54,61-62,71-72H,13-14,19-38H2,1-4H3,(H,63,73)(H,64,74)(H,65,75)(H,66,76)/t39-,40-,47-,48-,49+,50+,51-,52-,53-,54-/m0/s1. The molecule has 0 aromatic heterocycles. The lowest BCUT2D eigenvalue weighted by atomic mass is 9.88. The minimum absolute atomic E-state index is 0.0525. The normalized spacial score (nSPS) is 24.7. The van der Waals surface area contributed by atoms with Gasteiger partial charge in [0.2, 0.25) is 35.4 Å². The molecular formula is C60H84N10O10. The molecule has 2 aromatic rings. The van der Waals surface area contributed by atoms with Gasteiger partial charge in [0, 0.05) is 39.0 Å². The lowest BCUT2D eigenvalue weighted by molar-refractivity contribution is -0.143. The Kier molecular flexibility index (Phi) is 21.9. The molecule has 434 valence electrons. The van der Waals surface area contributed by atoms with Gasteiger partial charge in [0.1, 0.15) is 37.4 Å². The van der Waals surface area contributed by atoms with Crippen LogP contribution in [0.1, 0.15) is 99.6 Å². The van der Waals surface area contributed by atoms with E-state index in [9.17, 15) is 39.0 Å². The van der Waals surface area contributed by atoms with Gasteiger partial charge in [0.15, 0.2) is 0 Å². The van der Waals surface area contributed by atoms with Crippen molar-refractivity contribution >= 4 is 35.4 Å². The molecule has 0 unspecified atom stereocenters. The highest BCUT2D eigenvalue weighted by atomic mass is 16.5. The maximum Gasteiger partial charge on any atom is 0.246 e. The first kappa shape index (κ1) is 60.2. The Bertz CT molecular complexity index is 2430. The maximum atomic E-state index is 14.5. The van der Waals surface area contributed by atoms with E-state index in [2.05, 4.69) is 65.4 Å². The predicted molar refractivity (Wildman–Crippen MR) is 300 cm³/mol. The molecule has 4 saturated heterocycles. The molecule has 4 aliphatic heterocycles. The zero-order valence-electron chi connectivity index (χ0n) is 47.1. The third-order valence-corrected chi connectivity index (χ3v) is 17.4. The van der Waals surface area contributed by atoms with E-state index in [1.165, 1.54) is 0 Å². The number of fused-ring (bicyclic) bond motifs is 2. The van der Waals surface area contributed by atoms with Gasteiger partial charge in [-0.25, -0.2) is 0 Å². The van der Waals surface area contributed by atoms with Crippen molar-refractivity contribution < 1.29 is 48.5 Å². The molecule has 2 aromatic carbocycles. The van der Waals surface area contributed by atoms with Gasteiger partial charge >= 0.3 is 0 Å². The van der Waals surface area contributed by atoms with Gasteiger partial charge in [-0.05, 0) is 151 Å². The number of ether oxygens (including phenoxy) is 2. The van der Waals surface area contributed by atoms with E-state index in [0.29, 0.717) is 117 Å². The molecule has 8 rings (SSSR count). The molecule has 4 fully saturated rings. The smallest absolute Gasteiger partial charge is 0.246 e. The Morgan fingerprint density at radius 3 is 1.34 bits per heavy atom. The topological polar surface area (TPSA) is 246 Å². The second kappa shape index (κ2) is 29.2. The number of carbonyl (C=O) groups is 6. The van der Waals surface area contributed by atoms with E-state index in [0.717, 1.165) is 22.3 Å². The SMILES string of the molecule is CN[C@@H](C)C(=O)N[C@H](C(=O)N1CCC[C@H]1C(=O)N[C@H]1c2ccccc2C[C@H]1OCC#CC#CCO[C@@H]1Cc2ccccc2[C@@H]1NC(=O)[C@@H]1CCCN1C(=O)[C@@H](NC(=O)[C@H](C)NC)C1CCN(CCO)CC1)C1CCN(CCO)CC1. The van der Waals surface area contributed by atoms with Gasteiger partial charge in [-0.2, -0.15) is 0 Å². The fraction of sp³-hybridized carbons (Fsp3) is 0.633. The third kappa shape index (κ3) is 14.8. The van der Waals surface area contributed by atoms with Gasteiger partial charge in [-0.3, -0.25) is 28.8 Å². The lowest BCUT2D eigenvalue weighted by Crippen LogP contribution is -2.59. The second-order valence-electron chi connectivity index (χ2n) is 22.3. The second-order valence-corrected chi connectivity index (χ2v) is 22.3. The average molecular weight is 1110 g/mol. The number of aliphatic hydroxyl groups excluding tert-OH is 2. The molecule has 6 aliphatic rings. The number of rotatable bonds is 22. The van der Waals surface area contributed by atoms with Crippen LogP contribution in [0.3, 0.4) is 0 Å². The molecule has 20 heteroatoms. The zero-order chi connectivity index (χ0) is 56.7. The van der Waals surface area contributed by atoms with Crippen LogP contribution in [0.25, 0.3) is 0 Å². The molecule has 0 spiro atoms. The number of nitrogens with one attached hydrogen (secondary N) is 6. The summed E-state index contributed by atoms with van der Waals surface area (Å²) in [5.74, 6) is 9.92. The van der Waals surface area contributed by atoms with E-state index < -0.39 is 60.5 Å². The summed E-state index contributed by atoms with van der Waals surface area (Å²) in [5, 5.41) is 37.5. The van der Waals surface area contributed by atoms with Gasteiger partial charge in [-0.15, -0.1) is 0 Å². The van der Waals surface area contributed by atoms with Gasteiger partial charge in [0.05, 0.1) is 49.6 Å². The molecule has 20 nitrogen and oxygen atoms in total. The number of amides is 6. The minimum atomic E-state index is -0.786. The summed E-state index contributed by atoms with van der Waals surface area (Å²) in [6, 6.07) is 10.8. The summed E-state index contributed by atoms with van der Waals surface area (Å²) in [4.78, 5) is 91.7. The van der Waals surface area contributed by atoms with Crippen molar-refractivity contribution in [1.29, 1.82) is 0 Å². The van der Waals surface area contributed by atoms with Crippen molar-refractivity contribution in [2.24, 2.45) is 11.8 Å². The van der Waals surface area contributed by atoms with E-state index in [1.807, 2.05) is 48.5 Å². The van der Waals surface area contributed by atoms with Crippen LogP contribution in [0, 0.1) is 35.5 Å². The van der Waals surface area contributed by atoms with Crippen LogP contribution in [0.15, 0.2) is 48.5 Å². The highest BCUT2D eigenvalue weighted by molar-refractivity contribution is 5.95. The van der Waals surface area contributed by atoms with Crippen LogP contribution in [0.2, 0.25) is 0 Å². The minimum Gasteiger partial charge on any atom is -0.395 e. The van der Waals surface area contributed by atoms with Crippen molar-refractivity contribution in [3.63, 3.8) is 0 Å².